The van der Waals surface area contributed by atoms with Gasteiger partial charge in [0.2, 0.25) is 0 Å². The van der Waals surface area contributed by atoms with E-state index in [1.165, 1.54) is 14.2 Å². The lowest BCUT2D eigenvalue weighted by Gasteiger charge is -2.29. The molecule has 2 aromatic carbocycles. The van der Waals surface area contributed by atoms with Crippen LogP contribution in [0.5, 0.6) is 5.75 Å². The van der Waals surface area contributed by atoms with Crippen LogP contribution in [0.25, 0.3) is 5.69 Å². The molecule has 10 heteroatoms. The maximum absolute atomic E-state index is 13.7. The molecule has 0 N–H and O–H groups in total. The lowest BCUT2D eigenvalue weighted by atomic mass is 9.84. The van der Waals surface area contributed by atoms with Crippen LogP contribution in [0.15, 0.2) is 53.6 Å². The van der Waals surface area contributed by atoms with Crippen molar-refractivity contribution in [3.05, 3.63) is 65.4 Å². The topological polar surface area (TPSA) is 92.1 Å². The number of rotatable bonds is 8. The van der Waals surface area contributed by atoms with Gasteiger partial charge in [0.05, 0.1) is 44.5 Å². The Labute approximate surface area is 208 Å². The highest BCUT2D eigenvalue weighted by atomic mass is 32.2. The second kappa shape index (κ2) is 10.1. The zero-order valence-electron chi connectivity index (χ0n) is 20.2. The maximum Gasteiger partial charge on any atom is 0.315 e. The van der Waals surface area contributed by atoms with Crippen LogP contribution >= 0.6 is 12.0 Å². The molecule has 0 saturated carbocycles. The van der Waals surface area contributed by atoms with Crippen LogP contribution in [0.1, 0.15) is 35.5 Å². The predicted octanol–water partition coefficient (Wildman–Crippen LogP) is 4.12. The summed E-state index contributed by atoms with van der Waals surface area (Å²) in [7, 11) is 4.39. The van der Waals surface area contributed by atoms with Gasteiger partial charge in [0.1, 0.15) is 11.4 Å². The number of hydrogen-bond donors (Lipinski definition) is 0. The van der Waals surface area contributed by atoms with Crippen molar-refractivity contribution in [2.75, 3.05) is 32.8 Å². The molecular weight excluding hydrogens is 470 g/mol. The third-order valence-electron chi connectivity index (χ3n) is 6.07. The highest BCUT2D eigenvalue weighted by Crippen LogP contribution is 2.34. The molecular formula is C25H27N3O6S. The monoisotopic (exact) mass is 497 g/mol. The summed E-state index contributed by atoms with van der Waals surface area (Å²) >= 11 is 0.973. The molecule has 9 nitrogen and oxygen atoms in total. The zero-order chi connectivity index (χ0) is 25.2. The van der Waals surface area contributed by atoms with Crippen molar-refractivity contribution in [3.63, 3.8) is 0 Å². The minimum absolute atomic E-state index is 0.182. The summed E-state index contributed by atoms with van der Waals surface area (Å²) in [6.07, 6.45) is 0.585. The first-order chi connectivity index (χ1) is 16.8. The molecule has 0 spiro atoms. The third-order valence-corrected chi connectivity index (χ3v) is 6.76. The fourth-order valence-electron chi connectivity index (χ4n) is 4.05. The summed E-state index contributed by atoms with van der Waals surface area (Å²) in [4.78, 5) is 32.4. The lowest BCUT2D eigenvalue weighted by molar-refractivity contribution is -0.160. The van der Waals surface area contributed by atoms with E-state index in [-0.39, 0.29) is 11.9 Å². The SMILES string of the molecule is COOSc1nn(-c2ccc(OC)cc2)c2c1CCN(c1ccc(C(C)(C)C(=O)OC)cc1)C2=O. The number of anilines is 1. The summed E-state index contributed by atoms with van der Waals surface area (Å²) in [5, 5.41) is 5.21. The van der Waals surface area contributed by atoms with Gasteiger partial charge in [0.15, 0.2) is 5.03 Å². The van der Waals surface area contributed by atoms with Gasteiger partial charge in [-0.2, -0.15) is 9.43 Å². The summed E-state index contributed by atoms with van der Waals surface area (Å²) < 4.78 is 16.9. The third kappa shape index (κ3) is 4.64. The second-order valence-electron chi connectivity index (χ2n) is 8.43. The fourth-order valence-corrected chi connectivity index (χ4v) is 4.60. The number of methoxy groups -OCH3 is 2. The Hall–Kier alpha value is -3.34. The smallest absolute Gasteiger partial charge is 0.315 e. The molecule has 0 atom stereocenters. The van der Waals surface area contributed by atoms with Crippen LogP contribution in [0.4, 0.5) is 5.69 Å². The molecule has 1 amide bonds. The number of benzene rings is 2. The van der Waals surface area contributed by atoms with E-state index < -0.39 is 5.41 Å². The highest BCUT2D eigenvalue weighted by Gasteiger charge is 2.35. The first-order valence-corrected chi connectivity index (χ1v) is 11.7. The summed E-state index contributed by atoms with van der Waals surface area (Å²) in [5.41, 5.74) is 2.71. The van der Waals surface area contributed by atoms with Crippen LogP contribution in [-0.2, 0) is 30.6 Å². The molecule has 3 aromatic rings. The van der Waals surface area contributed by atoms with E-state index in [9.17, 15) is 9.59 Å². The van der Waals surface area contributed by atoms with Crippen molar-refractivity contribution in [3.8, 4) is 11.4 Å². The average molecular weight is 498 g/mol. The Morgan fingerprint density at radius 3 is 2.26 bits per heavy atom. The van der Waals surface area contributed by atoms with Gasteiger partial charge >= 0.3 is 5.97 Å². The standard InChI is InChI=1S/C25H27N3O6S/c1-25(2,24(30)32-4)16-6-8-17(9-7-16)27-15-14-20-21(23(27)29)28(26-22(20)35-34-33-5)18-10-12-19(31-3)13-11-18/h6-13H,14-15H2,1-5H3. The Bertz CT molecular complexity index is 1220. The molecule has 1 aliphatic heterocycles. The number of hydrogen-bond acceptors (Lipinski definition) is 8. The van der Waals surface area contributed by atoms with E-state index in [1.807, 2.05) is 48.5 Å². The largest absolute Gasteiger partial charge is 0.497 e. The molecule has 0 fully saturated rings. The van der Waals surface area contributed by atoms with Gasteiger partial charge in [-0.25, -0.2) is 9.57 Å². The minimum Gasteiger partial charge on any atom is -0.497 e. The second-order valence-corrected chi connectivity index (χ2v) is 9.12. The van der Waals surface area contributed by atoms with Crippen LogP contribution in [-0.4, -0.2) is 49.5 Å². The molecule has 0 saturated heterocycles. The van der Waals surface area contributed by atoms with E-state index >= 15 is 0 Å². The molecule has 2 heterocycles. The van der Waals surface area contributed by atoms with Crippen molar-refractivity contribution < 1.29 is 28.3 Å². The Kier molecular flexibility index (Phi) is 7.15. The van der Waals surface area contributed by atoms with Crippen molar-refractivity contribution in [2.45, 2.75) is 30.7 Å². The van der Waals surface area contributed by atoms with Gasteiger partial charge in [-0.1, -0.05) is 12.1 Å². The molecule has 184 valence electrons. The van der Waals surface area contributed by atoms with Gasteiger partial charge in [-0.05, 0) is 62.2 Å². The van der Waals surface area contributed by atoms with E-state index in [1.54, 1.807) is 30.5 Å². The number of carbonyl (C=O) groups excluding carboxylic acids is 2. The van der Waals surface area contributed by atoms with Crippen LogP contribution in [0.3, 0.4) is 0 Å². The number of fused-ring (bicyclic) bond motifs is 1. The highest BCUT2D eigenvalue weighted by molar-refractivity contribution is 7.94. The Balaban J connectivity index is 1.70. The average Bonchev–Trinajstić information content (AvgIpc) is 3.26. The molecule has 0 bridgehead atoms. The van der Waals surface area contributed by atoms with Gasteiger partial charge in [-0.15, -0.1) is 0 Å². The summed E-state index contributed by atoms with van der Waals surface area (Å²) in [6.45, 7) is 4.09. The van der Waals surface area contributed by atoms with Gasteiger partial charge in [0, 0.05) is 17.8 Å². The molecule has 35 heavy (non-hydrogen) atoms. The zero-order valence-corrected chi connectivity index (χ0v) is 21.0. The molecule has 1 aliphatic rings. The predicted molar refractivity (Wildman–Crippen MR) is 131 cm³/mol. The van der Waals surface area contributed by atoms with Crippen LogP contribution in [0.2, 0.25) is 0 Å². The van der Waals surface area contributed by atoms with Crippen molar-refractivity contribution >= 4 is 29.6 Å². The Morgan fingerprint density at radius 2 is 1.66 bits per heavy atom. The molecule has 0 aliphatic carbocycles. The number of amides is 1. The maximum atomic E-state index is 13.7. The van der Waals surface area contributed by atoms with Gasteiger partial charge < -0.3 is 14.4 Å². The van der Waals surface area contributed by atoms with Crippen molar-refractivity contribution in [1.82, 2.24) is 9.78 Å². The van der Waals surface area contributed by atoms with Crippen LogP contribution < -0.4 is 9.64 Å². The summed E-state index contributed by atoms with van der Waals surface area (Å²) in [5.74, 6) is 0.199. The first kappa shape index (κ1) is 24.8. The van der Waals surface area contributed by atoms with E-state index in [4.69, 9.17) is 18.7 Å². The van der Waals surface area contributed by atoms with Crippen molar-refractivity contribution in [1.29, 1.82) is 0 Å². The number of ether oxygens (including phenoxy) is 2. The summed E-state index contributed by atoms with van der Waals surface area (Å²) in [6, 6.07) is 14.7. The fraction of sp³-hybridized carbons (Fsp3) is 0.320. The van der Waals surface area contributed by atoms with Crippen LogP contribution in [0, 0.1) is 0 Å². The molecule has 0 unspecified atom stereocenters. The number of aromatic nitrogens is 2. The number of esters is 1. The quantitative estimate of drug-likeness (QED) is 0.199. The van der Waals surface area contributed by atoms with E-state index in [2.05, 4.69) is 5.10 Å². The number of nitrogens with zero attached hydrogens (tertiary/aromatic N) is 3. The van der Waals surface area contributed by atoms with E-state index in [0.717, 1.165) is 34.5 Å². The first-order valence-electron chi connectivity index (χ1n) is 11.0. The molecule has 4 rings (SSSR count). The molecule has 1 aromatic heterocycles. The normalized spacial score (nSPS) is 13.5. The van der Waals surface area contributed by atoms with E-state index in [0.29, 0.717) is 29.4 Å². The van der Waals surface area contributed by atoms with Crippen molar-refractivity contribution in [2.24, 2.45) is 0 Å². The van der Waals surface area contributed by atoms with Gasteiger partial charge in [0.25, 0.3) is 5.91 Å². The minimum atomic E-state index is -0.799. The molecule has 0 radical (unpaired) electrons. The Morgan fingerprint density at radius 1 is 1.00 bits per heavy atom. The van der Waals surface area contributed by atoms with Gasteiger partial charge in [-0.3, -0.25) is 9.59 Å². The number of carbonyl (C=O) groups is 2. The lowest BCUT2D eigenvalue weighted by Crippen LogP contribution is -2.39.